The first-order chi connectivity index (χ1) is 12.2. The van der Waals surface area contributed by atoms with Crippen LogP contribution in [0.5, 0.6) is 0 Å². The van der Waals surface area contributed by atoms with Crippen molar-refractivity contribution >= 4 is 5.82 Å². The molecule has 0 spiro atoms. The van der Waals surface area contributed by atoms with Crippen molar-refractivity contribution in [2.75, 3.05) is 5.32 Å². The maximum absolute atomic E-state index is 4.44. The molecule has 3 aromatic rings. The number of aromatic nitrogens is 3. The molecule has 3 rings (SSSR count). The van der Waals surface area contributed by atoms with E-state index in [0.717, 1.165) is 29.9 Å². The van der Waals surface area contributed by atoms with Crippen molar-refractivity contribution in [2.24, 2.45) is 0 Å². The van der Waals surface area contributed by atoms with Gasteiger partial charge in [0.25, 0.3) is 0 Å². The van der Waals surface area contributed by atoms with Crippen LogP contribution >= 0.6 is 0 Å². The fourth-order valence-electron chi connectivity index (χ4n) is 2.87. The van der Waals surface area contributed by atoms with Gasteiger partial charge in [-0.3, -0.25) is 4.98 Å². The molecule has 0 aliphatic carbocycles. The molecule has 0 amide bonds. The van der Waals surface area contributed by atoms with Crippen LogP contribution in [0.3, 0.4) is 0 Å². The van der Waals surface area contributed by atoms with Crippen LogP contribution in [0.25, 0.3) is 11.3 Å². The number of pyridine rings is 1. The second-order valence-electron chi connectivity index (χ2n) is 6.36. The van der Waals surface area contributed by atoms with Gasteiger partial charge in [-0.25, -0.2) is 9.97 Å². The van der Waals surface area contributed by atoms with Gasteiger partial charge in [0.05, 0.1) is 11.7 Å². The van der Waals surface area contributed by atoms with E-state index in [1.807, 2.05) is 18.3 Å². The van der Waals surface area contributed by atoms with E-state index in [-0.39, 0.29) is 6.04 Å². The summed E-state index contributed by atoms with van der Waals surface area (Å²) in [5, 5.41) is 3.54. The lowest BCUT2D eigenvalue weighted by molar-refractivity contribution is 0.672. The normalized spacial score (nSPS) is 12.0. The minimum atomic E-state index is 0.196. The number of nitrogens with one attached hydrogen (secondary N) is 1. The van der Waals surface area contributed by atoms with Gasteiger partial charge in [-0.1, -0.05) is 31.5 Å². The van der Waals surface area contributed by atoms with Crippen LogP contribution in [-0.4, -0.2) is 15.0 Å². The molecule has 0 saturated heterocycles. The lowest BCUT2D eigenvalue weighted by Gasteiger charge is -2.19. The zero-order valence-corrected chi connectivity index (χ0v) is 15.0. The van der Waals surface area contributed by atoms with Gasteiger partial charge in [0.15, 0.2) is 0 Å². The van der Waals surface area contributed by atoms with Gasteiger partial charge in [0.1, 0.15) is 12.1 Å². The van der Waals surface area contributed by atoms with Crippen LogP contribution in [0.2, 0.25) is 0 Å². The highest BCUT2D eigenvalue weighted by Gasteiger charge is 2.12. The molecule has 1 N–H and O–H groups in total. The molecule has 1 aromatic carbocycles. The summed E-state index contributed by atoms with van der Waals surface area (Å²) < 4.78 is 0. The monoisotopic (exact) mass is 332 g/mol. The Morgan fingerprint density at radius 1 is 1.04 bits per heavy atom. The molecule has 1 atom stereocenters. The van der Waals surface area contributed by atoms with Crippen molar-refractivity contribution < 1.29 is 0 Å². The topological polar surface area (TPSA) is 50.7 Å². The smallest absolute Gasteiger partial charge is 0.130 e. The SMILES string of the molecule is CCCC(Nc1cc(-c2ccc(C)c(C)c2)ncn1)c1cccnc1. The van der Waals surface area contributed by atoms with Gasteiger partial charge >= 0.3 is 0 Å². The van der Waals surface area contributed by atoms with E-state index >= 15 is 0 Å². The minimum Gasteiger partial charge on any atom is -0.363 e. The number of hydrogen-bond acceptors (Lipinski definition) is 4. The summed E-state index contributed by atoms with van der Waals surface area (Å²) in [7, 11) is 0. The Labute approximate surface area is 149 Å². The molecule has 0 aliphatic heterocycles. The van der Waals surface area contributed by atoms with Crippen LogP contribution in [0.15, 0.2) is 55.1 Å². The van der Waals surface area contributed by atoms with E-state index < -0.39 is 0 Å². The maximum atomic E-state index is 4.44. The van der Waals surface area contributed by atoms with Gasteiger partial charge in [-0.05, 0) is 49.1 Å². The first kappa shape index (κ1) is 17.1. The summed E-state index contributed by atoms with van der Waals surface area (Å²) in [4.78, 5) is 13.1. The molecular formula is C21H24N4. The Balaban J connectivity index is 1.86. The molecule has 2 aromatic heterocycles. The molecule has 4 nitrogen and oxygen atoms in total. The van der Waals surface area contributed by atoms with Gasteiger partial charge in [0.2, 0.25) is 0 Å². The van der Waals surface area contributed by atoms with Crippen LogP contribution < -0.4 is 5.32 Å². The molecule has 128 valence electrons. The molecule has 0 aliphatic rings. The Morgan fingerprint density at radius 2 is 1.92 bits per heavy atom. The Hall–Kier alpha value is -2.75. The number of anilines is 1. The van der Waals surface area contributed by atoms with E-state index in [4.69, 9.17) is 0 Å². The Kier molecular flexibility index (Phi) is 5.39. The van der Waals surface area contributed by atoms with Crippen molar-refractivity contribution in [2.45, 2.75) is 39.7 Å². The quantitative estimate of drug-likeness (QED) is 0.681. The van der Waals surface area contributed by atoms with E-state index in [2.05, 4.69) is 65.3 Å². The highest BCUT2D eigenvalue weighted by molar-refractivity contribution is 5.63. The lowest BCUT2D eigenvalue weighted by Crippen LogP contribution is -2.12. The first-order valence-electron chi connectivity index (χ1n) is 8.73. The van der Waals surface area contributed by atoms with Crippen LogP contribution in [0.1, 0.15) is 42.5 Å². The molecule has 2 heterocycles. The van der Waals surface area contributed by atoms with Gasteiger partial charge in [0, 0.05) is 24.0 Å². The fraction of sp³-hybridized carbons (Fsp3) is 0.286. The maximum Gasteiger partial charge on any atom is 0.130 e. The third-order valence-electron chi connectivity index (χ3n) is 4.46. The molecule has 1 unspecified atom stereocenters. The summed E-state index contributed by atoms with van der Waals surface area (Å²) in [5.41, 5.74) is 5.78. The van der Waals surface area contributed by atoms with Gasteiger partial charge in [-0.2, -0.15) is 0 Å². The van der Waals surface area contributed by atoms with E-state index in [9.17, 15) is 0 Å². The van der Waals surface area contributed by atoms with Crippen molar-refractivity contribution in [1.82, 2.24) is 15.0 Å². The number of nitrogens with zero attached hydrogens (tertiary/aromatic N) is 3. The average molecular weight is 332 g/mol. The molecule has 0 fully saturated rings. The van der Waals surface area contributed by atoms with Gasteiger partial charge < -0.3 is 5.32 Å². The summed E-state index contributed by atoms with van der Waals surface area (Å²) in [6.07, 6.45) is 7.45. The third-order valence-corrected chi connectivity index (χ3v) is 4.46. The summed E-state index contributed by atoms with van der Waals surface area (Å²) in [6.45, 7) is 6.43. The average Bonchev–Trinajstić information content (AvgIpc) is 2.65. The van der Waals surface area contributed by atoms with Crippen LogP contribution in [-0.2, 0) is 0 Å². The number of aryl methyl sites for hydroxylation is 2. The predicted octanol–water partition coefficient (Wildman–Crippen LogP) is 5.11. The van der Waals surface area contributed by atoms with Crippen LogP contribution in [0.4, 0.5) is 5.82 Å². The van der Waals surface area contributed by atoms with E-state index in [1.165, 1.54) is 16.7 Å². The standard InChI is InChI=1S/C21H24N4/c1-4-6-19(18-7-5-10-22-13-18)25-21-12-20(23-14-24-21)17-9-8-15(2)16(3)11-17/h5,7-14,19H,4,6H2,1-3H3,(H,23,24,25). The zero-order chi connectivity index (χ0) is 17.6. The van der Waals surface area contributed by atoms with Crippen molar-refractivity contribution in [1.29, 1.82) is 0 Å². The summed E-state index contributed by atoms with van der Waals surface area (Å²) in [5.74, 6) is 0.838. The summed E-state index contributed by atoms with van der Waals surface area (Å²) in [6, 6.07) is 12.7. The molecule has 0 bridgehead atoms. The Morgan fingerprint density at radius 3 is 2.64 bits per heavy atom. The van der Waals surface area contributed by atoms with Gasteiger partial charge in [-0.15, -0.1) is 0 Å². The molecule has 0 radical (unpaired) electrons. The molecular weight excluding hydrogens is 308 g/mol. The Bertz CT molecular complexity index is 830. The number of hydrogen-bond donors (Lipinski definition) is 1. The second-order valence-corrected chi connectivity index (χ2v) is 6.36. The van der Waals surface area contributed by atoms with Crippen molar-refractivity contribution in [3.8, 4) is 11.3 Å². The first-order valence-corrected chi connectivity index (χ1v) is 8.73. The van der Waals surface area contributed by atoms with Crippen LogP contribution in [0, 0.1) is 13.8 Å². The third kappa shape index (κ3) is 4.21. The van der Waals surface area contributed by atoms with E-state index in [0.29, 0.717) is 0 Å². The number of rotatable bonds is 6. The van der Waals surface area contributed by atoms with Crippen molar-refractivity contribution in [3.05, 3.63) is 71.8 Å². The predicted molar refractivity (Wildman–Crippen MR) is 102 cm³/mol. The lowest BCUT2D eigenvalue weighted by atomic mass is 10.0. The fourth-order valence-corrected chi connectivity index (χ4v) is 2.87. The number of benzene rings is 1. The molecule has 0 saturated carbocycles. The highest BCUT2D eigenvalue weighted by Crippen LogP contribution is 2.25. The largest absolute Gasteiger partial charge is 0.363 e. The molecule has 4 heteroatoms. The molecule has 25 heavy (non-hydrogen) atoms. The highest BCUT2D eigenvalue weighted by atomic mass is 15.0. The zero-order valence-electron chi connectivity index (χ0n) is 15.0. The minimum absolute atomic E-state index is 0.196. The van der Waals surface area contributed by atoms with E-state index in [1.54, 1.807) is 12.5 Å². The second kappa shape index (κ2) is 7.88. The van der Waals surface area contributed by atoms with Crippen molar-refractivity contribution in [3.63, 3.8) is 0 Å². The summed E-state index contributed by atoms with van der Waals surface area (Å²) >= 11 is 0.